The predicted molar refractivity (Wildman–Crippen MR) is 131 cm³/mol. The van der Waals surface area contributed by atoms with Crippen LogP contribution in [0, 0.1) is 6.92 Å². The van der Waals surface area contributed by atoms with E-state index in [0.29, 0.717) is 5.69 Å². The third-order valence-electron chi connectivity index (χ3n) is 5.79. The van der Waals surface area contributed by atoms with Crippen molar-refractivity contribution in [3.8, 4) is 11.3 Å². The molecule has 0 saturated heterocycles. The van der Waals surface area contributed by atoms with Crippen LogP contribution < -0.4 is 11.5 Å². The predicted octanol–water partition coefficient (Wildman–Crippen LogP) is 4.70. The topological polar surface area (TPSA) is 99.3 Å². The van der Waals surface area contributed by atoms with Crippen molar-refractivity contribution < 1.29 is 4.79 Å². The van der Waals surface area contributed by atoms with Crippen molar-refractivity contribution in [1.29, 1.82) is 0 Å². The van der Waals surface area contributed by atoms with Crippen molar-refractivity contribution in [2.45, 2.75) is 18.9 Å². The van der Waals surface area contributed by atoms with Gasteiger partial charge in [-0.1, -0.05) is 60.7 Å². The molecule has 2 atom stereocenters. The normalized spacial score (nSPS) is 13.2. The average Bonchev–Trinajstić information content (AvgIpc) is 3.45. The second kappa shape index (κ2) is 8.61. The Bertz CT molecular complexity index is 1430. The van der Waals surface area contributed by atoms with Gasteiger partial charge >= 0.3 is 0 Å². The SMILES string of the molecule is Cc1ccn2nc([C@H](c3ccccc3)[C@@H](N)c3ccccc3)c(-c3csc(C(N)=O)n3)c2c1. The van der Waals surface area contributed by atoms with Crippen molar-refractivity contribution in [2.75, 3.05) is 0 Å². The number of nitrogens with two attached hydrogens (primary N) is 2. The van der Waals surface area contributed by atoms with Gasteiger partial charge in [-0.15, -0.1) is 11.3 Å². The third-order valence-corrected chi connectivity index (χ3v) is 6.64. The number of carbonyl (C=O) groups excluding carboxylic acids is 1. The van der Waals surface area contributed by atoms with Crippen LogP contribution in [-0.4, -0.2) is 20.5 Å². The lowest BCUT2D eigenvalue weighted by atomic mass is 9.83. The highest BCUT2D eigenvalue weighted by molar-refractivity contribution is 7.12. The zero-order chi connectivity index (χ0) is 22.9. The molecule has 0 bridgehead atoms. The Morgan fingerprint density at radius 3 is 2.30 bits per heavy atom. The van der Waals surface area contributed by atoms with E-state index in [-0.39, 0.29) is 17.0 Å². The number of thiazole rings is 1. The summed E-state index contributed by atoms with van der Waals surface area (Å²) in [4.78, 5) is 16.3. The summed E-state index contributed by atoms with van der Waals surface area (Å²) in [7, 11) is 0. The van der Waals surface area contributed by atoms with Gasteiger partial charge in [0.15, 0.2) is 5.01 Å². The molecule has 0 saturated carbocycles. The molecular formula is C26H23N5OS. The van der Waals surface area contributed by atoms with Gasteiger partial charge < -0.3 is 11.5 Å². The Kier molecular flexibility index (Phi) is 5.50. The third kappa shape index (κ3) is 3.92. The zero-order valence-electron chi connectivity index (χ0n) is 18.1. The molecule has 33 heavy (non-hydrogen) atoms. The van der Waals surface area contributed by atoms with E-state index in [1.807, 2.05) is 77.6 Å². The second-order valence-corrected chi connectivity index (χ2v) is 8.88. The number of fused-ring (bicyclic) bond motifs is 1. The Morgan fingerprint density at radius 2 is 1.67 bits per heavy atom. The van der Waals surface area contributed by atoms with Gasteiger partial charge in [0.05, 0.1) is 22.5 Å². The maximum atomic E-state index is 11.8. The highest BCUT2D eigenvalue weighted by atomic mass is 32.1. The molecule has 1 amide bonds. The number of carbonyl (C=O) groups is 1. The van der Waals surface area contributed by atoms with Gasteiger partial charge in [-0.3, -0.25) is 4.79 Å². The number of hydrogen-bond donors (Lipinski definition) is 2. The van der Waals surface area contributed by atoms with E-state index in [4.69, 9.17) is 16.6 Å². The maximum absolute atomic E-state index is 11.8. The summed E-state index contributed by atoms with van der Waals surface area (Å²) >= 11 is 1.24. The van der Waals surface area contributed by atoms with E-state index < -0.39 is 5.91 Å². The van der Waals surface area contributed by atoms with Gasteiger partial charge in [0.1, 0.15) is 0 Å². The van der Waals surface area contributed by atoms with Crippen LogP contribution in [0.5, 0.6) is 0 Å². The number of hydrogen-bond acceptors (Lipinski definition) is 5. The maximum Gasteiger partial charge on any atom is 0.277 e. The number of amides is 1. The summed E-state index contributed by atoms with van der Waals surface area (Å²) in [5, 5.41) is 7.12. The van der Waals surface area contributed by atoms with Crippen LogP contribution in [0.25, 0.3) is 16.8 Å². The minimum Gasteiger partial charge on any atom is -0.364 e. The number of pyridine rings is 1. The van der Waals surface area contributed by atoms with Crippen LogP contribution >= 0.6 is 11.3 Å². The van der Waals surface area contributed by atoms with Crippen molar-refractivity contribution >= 4 is 22.8 Å². The van der Waals surface area contributed by atoms with E-state index >= 15 is 0 Å². The summed E-state index contributed by atoms with van der Waals surface area (Å²) in [5.41, 5.74) is 18.8. The molecular weight excluding hydrogens is 430 g/mol. The van der Waals surface area contributed by atoms with Gasteiger partial charge in [0.25, 0.3) is 5.91 Å². The molecule has 3 aromatic heterocycles. The number of aromatic nitrogens is 3. The van der Waals surface area contributed by atoms with E-state index in [9.17, 15) is 4.79 Å². The van der Waals surface area contributed by atoms with Crippen LogP contribution in [0.3, 0.4) is 0 Å². The molecule has 0 fully saturated rings. The monoisotopic (exact) mass is 453 g/mol. The molecule has 3 heterocycles. The standard InChI is InChI=1S/C26H23N5OS/c1-16-12-13-31-20(14-16)22(19-15-33-26(29-19)25(28)32)24(30-31)21(17-8-4-2-5-9-17)23(27)18-10-6-3-7-11-18/h2-15,21,23H,27H2,1H3,(H2,28,32)/t21-,23+/m1/s1. The minimum atomic E-state index is -0.541. The fourth-order valence-electron chi connectivity index (χ4n) is 4.21. The molecule has 0 aliphatic carbocycles. The molecule has 164 valence electrons. The molecule has 0 spiro atoms. The summed E-state index contributed by atoms with van der Waals surface area (Å²) in [6.07, 6.45) is 1.94. The molecule has 4 N–H and O–H groups in total. The van der Waals surface area contributed by atoms with E-state index in [2.05, 4.69) is 23.2 Å². The first-order valence-electron chi connectivity index (χ1n) is 10.6. The van der Waals surface area contributed by atoms with E-state index in [0.717, 1.165) is 33.5 Å². The van der Waals surface area contributed by atoms with E-state index in [1.54, 1.807) is 0 Å². The van der Waals surface area contributed by atoms with Crippen molar-refractivity contribution in [3.63, 3.8) is 0 Å². The molecule has 0 aliphatic rings. The fourth-order valence-corrected chi connectivity index (χ4v) is 4.88. The van der Waals surface area contributed by atoms with Gasteiger partial charge in [0, 0.05) is 23.5 Å². The zero-order valence-corrected chi connectivity index (χ0v) is 18.9. The summed E-state index contributed by atoms with van der Waals surface area (Å²) in [6, 6.07) is 23.9. The lowest BCUT2D eigenvalue weighted by Crippen LogP contribution is -2.22. The lowest BCUT2D eigenvalue weighted by Gasteiger charge is -2.24. The Labute approximate surface area is 195 Å². The largest absolute Gasteiger partial charge is 0.364 e. The molecule has 0 radical (unpaired) electrons. The smallest absolute Gasteiger partial charge is 0.277 e. The number of primary amides is 1. The minimum absolute atomic E-state index is 0.234. The molecule has 2 aromatic carbocycles. The quantitative estimate of drug-likeness (QED) is 0.389. The van der Waals surface area contributed by atoms with Crippen LogP contribution in [-0.2, 0) is 0 Å². The summed E-state index contributed by atoms with van der Waals surface area (Å²) in [6.45, 7) is 2.04. The van der Waals surface area contributed by atoms with Crippen LogP contribution in [0.4, 0.5) is 0 Å². The highest BCUT2D eigenvalue weighted by Crippen LogP contribution is 2.41. The van der Waals surface area contributed by atoms with Crippen LogP contribution in [0.2, 0.25) is 0 Å². The first kappa shape index (κ1) is 21.1. The van der Waals surface area contributed by atoms with Crippen LogP contribution in [0.1, 0.15) is 44.1 Å². The average molecular weight is 454 g/mol. The molecule has 6 nitrogen and oxygen atoms in total. The lowest BCUT2D eigenvalue weighted by molar-refractivity contribution is 0.1000. The number of benzene rings is 2. The first-order valence-corrected chi connectivity index (χ1v) is 11.5. The number of aryl methyl sites for hydroxylation is 1. The molecule has 0 unspecified atom stereocenters. The van der Waals surface area contributed by atoms with E-state index in [1.165, 1.54) is 11.3 Å². The number of nitrogens with zero attached hydrogens (tertiary/aromatic N) is 3. The highest BCUT2D eigenvalue weighted by Gasteiger charge is 2.31. The summed E-state index contributed by atoms with van der Waals surface area (Å²) in [5.74, 6) is -0.774. The molecule has 5 rings (SSSR count). The fraction of sp³-hybridized carbons (Fsp3) is 0.115. The van der Waals surface area contributed by atoms with Gasteiger partial charge in [-0.25, -0.2) is 9.50 Å². The first-order chi connectivity index (χ1) is 16.0. The molecule has 5 aromatic rings. The van der Waals surface area contributed by atoms with Crippen molar-refractivity contribution in [3.05, 3.63) is 112 Å². The molecule has 0 aliphatic heterocycles. The Balaban J connectivity index is 1.79. The second-order valence-electron chi connectivity index (χ2n) is 8.02. The van der Waals surface area contributed by atoms with Crippen LogP contribution in [0.15, 0.2) is 84.4 Å². The van der Waals surface area contributed by atoms with Crippen molar-refractivity contribution in [2.24, 2.45) is 11.5 Å². The van der Waals surface area contributed by atoms with Crippen molar-refractivity contribution in [1.82, 2.24) is 14.6 Å². The Morgan fingerprint density at radius 1 is 1.00 bits per heavy atom. The van der Waals surface area contributed by atoms with Gasteiger partial charge in [-0.2, -0.15) is 5.10 Å². The summed E-state index contributed by atoms with van der Waals surface area (Å²) < 4.78 is 1.86. The molecule has 7 heteroatoms. The number of rotatable bonds is 6. The van der Waals surface area contributed by atoms with Gasteiger partial charge in [-0.05, 0) is 35.7 Å². The Hall–Kier alpha value is -3.81. The van der Waals surface area contributed by atoms with Gasteiger partial charge in [0.2, 0.25) is 0 Å².